The summed E-state index contributed by atoms with van der Waals surface area (Å²) in [5.41, 5.74) is 1.23. The van der Waals surface area contributed by atoms with Crippen LogP contribution in [0.3, 0.4) is 0 Å². The van der Waals surface area contributed by atoms with Gasteiger partial charge in [-0.3, -0.25) is 9.59 Å². The van der Waals surface area contributed by atoms with E-state index in [0.717, 1.165) is 0 Å². The van der Waals surface area contributed by atoms with E-state index in [-0.39, 0.29) is 17.6 Å². The summed E-state index contributed by atoms with van der Waals surface area (Å²) in [6, 6.07) is 11.8. The topological polar surface area (TPSA) is 67.4 Å². The quantitative estimate of drug-likeness (QED) is 0.691. The number of methoxy groups -OCH3 is 1. The SMILES string of the molecule is COc1ccc(NC(=O)C(C)SCC(=O)Nc2ccc(Cl)cc2)cc1Cl. The van der Waals surface area contributed by atoms with Gasteiger partial charge in [0.2, 0.25) is 11.8 Å². The van der Waals surface area contributed by atoms with Gasteiger partial charge in [-0.1, -0.05) is 23.2 Å². The Kier molecular flexibility index (Phi) is 7.63. The highest BCUT2D eigenvalue weighted by Gasteiger charge is 2.16. The Labute approximate surface area is 166 Å². The van der Waals surface area contributed by atoms with Crippen LogP contribution in [0.4, 0.5) is 11.4 Å². The molecule has 1 atom stereocenters. The molecule has 0 fully saturated rings. The van der Waals surface area contributed by atoms with E-state index >= 15 is 0 Å². The molecule has 0 saturated carbocycles. The molecule has 0 aliphatic rings. The molecule has 8 heteroatoms. The first-order chi connectivity index (χ1) is 12.4. The molecule has 2 amide bonds. The molecule has 0 aliphatic heterocycles. The van der Waals surface area contributed by atoms with Gasteiger partial charge in [-0.05, 0) is 49.4 Å². The monoisotopic (exact) mass is 412 g/mol. The summed E-state index contributed by atoms with van der Waals surface area (Å²) in [4.78, 5) is 24.2. The molecule has 0 radical (unpaired) electrons. The summed E-state index contributed by atoms with van der Waals surface area (Å²) in [5, 5.41) is 6.12. The third-order valence-electron chi connectivity index (χ3n) is 3.38. The number of rotatable bonds is 7. The van der Waals surface area contributed by atoms with Crippen molar-refractivity contribution in [1.82, 2.24) is 0 Å². The van der Waals surface area contributed by atoms with E-state index in [9.17, 15) is 9.59 Å². The number of ether oxygens (including phenoxy) is 1. The van der Waals surface area contributed by atoms with Crippen molar-refractivity contribution in [3.05, 3.63) is 52.5 Å². The summed E-state index contributed by atoms with van der Waals surface area (Å²) in [7, 11) is 1.52. The lowest BCUT2D eigenvalue weighted by atomic mass is 10.3. The zero-order valence-corrected chi connectivity index (χ0v) is 16.5. The minimum absolute atomic E-state index is 0.153. The lowest BCUT2D eigenvalue weighted by molar-refractivity contribution is -0.115. The normalized spacial score (nSPS) is 11.5. The van der Waals surface area contributed by atoms with E-state index in [0.29, 0.717) is 27.2 Å². The predicted molar refractivity (Wildman–Crippen MR) is 109 cm³/mol. The maximum absolute atomic E-state index is 12.2. The van der Waals surface area contributed by atoms with Crippen LogP contribution >= 0.6 is 35.0 Å². The van der Waals surface area contributed by atoms with E-state index < -0.39 is 5.25 Å². The molecule has 5 nitrogen and oxygen atoms in total. The van der Waals surface area contributed by atoms with Crippen molar-refractivity contribution >= 4 is 58.2 Å². The van der Waals surface area contributed by atoms with Crippen molar-refractivity contribution in [2.45, 2.75) is 12.2 Å². The van der Waals surface area contributed by atoms with Crippen molar-refractivity contribution in [1.29, 1.82) is 0 Å². The molecule has 2 rings (SSSR count). The van der Waals surface area contributed by atoms with Crippen molar-refractivity contribution in [2.75, 3.05) is 23.5 Å². The van der Waals surface area contributed by atoms with Gasteiger partial charge >= 0.3 is 0 Å². The standard InChI is InChI=1S/C18H18Cl2N2O3S/c1-11(18(24)22-14-7-8-16(25-2)15(20)9-14)26-10-17(23)21-13-5-3-12(19)4-6-13/h3-9,11H,10H2,1-2H3,(H,21,23)(H,22,24). The maximum Gasteiger partial charge on any atom is 0.237 e. The number of hydrogen-bond donors (Lipinski definition) is 2. The Hall–Kier alpha value is -1.89. The molecule has 0 saturated heterocycles. The second kappa shape index (κ2) is 9.71. The molecular weight excluding hydrogens is 395 g/mol. The van der Waals surface area contributed by atoms with Crippen LogP contribution in [0.1, 0.15) is 6.92 Å². The molecule has 0 heterocycles. The summed E-state index contributed by atoms with van der Waals surface area (Å²) >= 11 is 13.1. The Bertz CT molecular complexity index is 785. The van der Waals surface area contributed by atoms with Gasteiger partial charge in [0, 0.05) is 16.4 Å². The summed E-state index contributed by atoms with van der Waals surface area (Å²) in [6.45, 7) is 1.74. The fraction of sp³-hybridized carbons (Fsp3) is 0.222. The van der Waals surface area contributed by atoms with Gasteiger partial charge in [0.1, 0.15) is 5.75 Å². The largest absolute Gasteiger partial charge is 0.495 e. The third kappa shape index (κ3) is 6.12. The van der Waals surface area contributed by atoms with Crippen LogP contribution in [0.15, 0.2) is 42.5 Å². The first kappa shape index (κ1) is 20.4. The average molecular weight is 413 g/mol. The van der Waals surface area contributed by atoms with Crippen molar-refractivity contribution < 1.29 is 14.3 Å². The minimum atomic E-state index is -0.410. The van der Waals surface area contributed by atoms with E-state index in [4.69, 9.17) is 27.9 Å². The predicted octanol–water partition coefficient (Wildman–Crippen LogP) is 4.70. The van der Waals surface area contributed by atoms with Crippen molar-refractivity contribution in [3.8, 4) is 5.75 Å². The molecule has 2 N–H and O–H groups in total. The minimum Gasteiger partial charge on any atom is -0.495 e. The Morgan fingerprint density at radius 3 is 2.35 bits per heavy atom. The molecule has 0 spiro atoms. The lowest BCUT2D eigenvalue weighted by Gasteiger charge is -2.13. The molecule has 0 bridgehead atoms. The zero-order valence-electron chi connectivity index (χ0n) is 14.2. The Morgan fingerprint density at radius 1 is 1.08 bits per heavy atom. The highest BCUT2D eigenvalue weighted by molar-refractivity contribution is 8.01. The molecule has 26 heavy (non-hydrogen) atoms. The van der Waals surface area contributed by atoms with Crippen LogP contribution in [0.25, 0.3) is 0 Å². The number of thioether (sulfide) groups is 1. The zero-order chi connectivity index (χ0) is 19.1. The number of hydrogen-bond acceptors (Lipinski definition) is 4. The number of carbonyl (C=O) groups is 2. The third-order valence-corrected chi connectivity index (χ3v) is 5.07. The van der Waals surface area contributed by atoms with Gasteiger partial charge in [0.05, 0.1) is 23.1 Å². The van der Waals surface area contributed by atoms with Crippen LogP contribution in [-0.4, -0.2) is 29.9 Å². The molecule has 2 aromatic carbocycles. The van der Waals surface area contributed by atoms with Crippen molar-refractivity contribution in [3.63, 3.8) is 0 Å². The number of halogens is 2. The van der Waals surface area contributed by atoms with Gasteiger partial charge in [0.15, 0.2) is 0 Å². The lowest BCUT2D eigenvalue weighted by Crippen LogP contribution is -2.25. The van der Waals surface area contributed by atoms with Crippen LogP contribution < -0.4 is 15.4 Å². The van der Waals surface area contributed by atoms with E-state index in [1.165, 1.54) is 18.9 Å². The van der Waals surface area contributed by atoms with Gasteiger partial charge in [-0.15, -0.1) is 11.8 Å². The van der Waals surface area contributed by atoms with E-state index in [1.54, 1.807) is 49.4 Å². The highest BCUT2D eigenvalue weighted by atomic mass is 35.5. The van der Waals surface area contributed by atoms with Gasteiger partial charge in [-0.2, -0.15) is 0 Å². The summed E-state index contributed by atoms with van der Waals surface area (Å²) in [5.74, 6) is 0.284. The second-order valence-corrected chi connectivity index (χ2v) is 7.52. The smallest absolute Gasteiger partial charge is 0.237 e. The summed E-state index contributed by atoms with van der Waals surface area (Å²) < 4.78 is 5.07. The average Bonchev–Trinajstić information content (AvgIpc) is 2.61. The Balaban J connectivity index is 1.82. The van der Waals surface area contributed by atoms with Gasteiger partial charge in [0.25, 0.3) is 0 Å². The fourth-order valence-electron chi connectivity index (χ4n) is 1.99. The van der Waals surface area contributed by atoms with E-state index in [1.807, 2.05) is 0 Å². The number of anilines is 2. The fourth-order valence-corrected chi connectivity index (χ4v) is 3.06. The first-order valence-electron chi connectivity index (χ1n) is 7.70. The molecule has 138 valence electrons. The Morgan fingerprint density at radius 2 is 1.73 bits per heavy atom. The van der Waals surface area contributed by atoms with Gasteiger partial charge in [-0.25, -0.2) is 0 Å². The first-order valence-corrected chi connectivity index (χ1v) is 9.51. The number of amides is 2. The van der Waals surface area contributed by atoms with E-state index in [2.05, 4.69) is 10.6 Å². The number of nitrogens with one attached hydrogen (secondary N) is 2. The van der Waals surface area contributed by atoms with Gasteiger partial charge < -0.3 is 15.4 Å². The van der Waals surface area contributed by atoms with Crippen LogP contribution in [0, 0.1) is 0 Å². The van der Waals surface area contributed by atoms with Crippen LogP contribution in [-0.2, 0) is 9.59 Å². The maximum atomic E-state index is 12.2. The number of carbonyl (C=O) groups excluding carboxylic acids is 2. The highest BCUT2D eigenvalue weighted by Crippen LogP contribution is 2.27. The molecule has 2 aromatic rings. The van der Waals surface area contributed by atoms with Crippen LogP contribution in [0.2, 0.25) is 10.0 Å². The van der Waals surface area contributed by atoms with Crippen molar-refractivity contribution in [2.24, 2.45) is 0 Å². The second-order valence-electron chi connectivity index (χ2n) is 5.35. The molecular formula is C18H18Cl2N2O3S. The molecule has 0 aromatic heterocycles. The molecule has 1 unspecified atom stereocenters. The number of benzene rings is 2. The summed E-state index contributed by atoms with van der Waals surface area (Å²) in [6.07, 6.45) is 0. The molecule has 0 aliphatic carbocycles. The van der Waals surface area contributed by atoms with Crippen LogP contribution in [0.5, 0.6) is 5.75 Å².